The van der Waals surface area contributed by atoms with Crippen LogP contribution in [0.2, 0.25) is 19.6 Å². The van der Waals surface area contributed by atoms with Gasteiger partial charge in [-0.25, -0.2) is 0 Å². The van der Waals surface area contributed by atoms with E-state index < -0.39 is 8.07 Å². The van der Waals surface area contributed by atoms with Crippen molar-refractivity contribution in [2.24, 2.45) is 0 Å². The van der Waals surface area contributed by atoms with E-state index in [2.05, 4.69) is 47.0 Å². The zero-order valence-corrected chi connectivity index (χ0v) is 9.38. The predicted molar refractivity (Wildman–Crippen MR) is 52.0 cm³/mol. The molecule has 0 aromatic carbocycles. The normalized spacial score (nSPS) is 21.2. The van der Waals surface area contributed by atoms with E-state index in [-0.39, 0.29) is 4.32 Å². The molecule has 2 heteroatoms. The minimum absolute atomic E-state index is 0.243. The van der Waals surface area contributed by atoms with Gasteiger partial charge in [-0.1, -0.05) is 41.5 Å². The summed E-state index contributed by atoms with van der Waals surface area (Å²) in [5, 5.41) is 0. The Balaban J connectivity index is 2.54. The smallest absolute Gasteiger partial charge is 0.129 e. The summed E-state index contributed by atoms with van der Waals surface area (Å²) in [4.78, 5) is 0. The maximum atomic E-state index is 3.59. The summed E-state index contributed by atoms with van der Waals surface area (Å²) in [6, 6.07) is 0. The van der Waals surface area contributed by atoms with Crippen molar-refractivity contribution in [2.75, 3.05) is 0 Å². The van der Waals surface area contributed by atoms with Crippen molar-refractivity contribution >= 4 is 24.0 Å². The number of halogens is 1. The molecule has 1 aliphatic rings. The summed E-state index contributed by atoms with van der Waals surface area (Å²) in [6.07, 6.45) is 2.48. The first kappa shape index (κ1) is 8.35. The topological polar surface area (TPSA) is 0 Å². The molecule has 0 amide bonds. The molecule has 10 heavy (non-hydrogen) atoms. The lowest BCUT2D eigenvalue weighted by molar-refractivity contribution is 1.29. The Morgan fingerprint density at radius 2 is 1.80 bits per heavy atom. The van der Waals surface area contributed by atoms with E-state index in [9.17, 15) is 0 Å². The van der Waals surface area contributed by atoms with Gasteiger partial charge in [-0.3, -0.25) is 0 Å². The van der Waals surface area contributed by atoms with E-state index in [1.165, 1.54) is 12.8 Å². The van der Waals surface area contributed by atoms with Gasteiger partial charge in [0.1, 0.15) is 8.07 Å². The van der Waals surface area contributed by atoms with Crippen LogP contribution >= 0.6 is 15.9 Å². The van der Waals surface area contributed by atoms with E-state index in [4.69, 9.17) is 0 Å². The van der Waals surface area contributed by atoms with Crippen LogP contribution in [0.1, 0.15) is 12.8 Å². The van der Waals surface area contributed by atoms with Crippen LogP contribution in [0.15, 0.2) is 0 Å². The van der Waals surface area contributed by atoms with Crippen LogP contribution < -0.4 is 0 Å². The Hall–Kier alpha value is 0.257. The maximum Gasteiger partial charge on any atom is 0.129 e. The van der Waals surface area contributed by atoms with E-state index in [0.717, 1.165) is 0 Å². The van der Waals surface area contributed by atoms with Crippen molar-refractivity contribution < 1.29 is 0 Å². The molecule has 0 radical (unpaired) electrons. The molecule has 0 heterocycles. The highest BCUT2D eigenvalue weighted by Gasteiger charge is 2.38. The lowest BCUT2D eigenvalue weighted by Crippen LogP contribution is -2.17. The molecule has 1 saturated carbocycles. The zero-order chi connectivity index (χ0) is 7.83. The number of alkyl halides is 1. The molecule has 0 bridgehead atoms. The van der Waals surface area contributed by atoms with Gasteiger partial charge < -0.3 is 0 Å². The van der Waals surface area contributed by atoms with Crippen molar-refractivity contribution in [3.8, 4) is 11.5 Å². The molecule has 0 spiro atoms. The second-order valence-corrected chi connectivity index (χ2v) is 10.2. The van der Waals surface area contributed by atoms with Gasteiger partial charge in [0, 0.05) is 0 Å². The average molecular weight is 217 g/mol. The lowest BCUT2D eigenvalue weighted by atomic mass is 10.5. The Bertz CT molecular complexity index is 178. The summed E-state index contributed by atoms with van der Waals surface area (Å²) in [5.74, 6) is 3.30. The van der Waals surface area contributed by atoms with Crippen molar-refractivity contribution in [3.05, 3.63) is 0 Å². The summed E-state index contributed by atoms with van der Waals surface area (Å²) < 4.78 is 0.243. The zero-order valence-electron chi connectivity index (χ0n) is 6.79. The summed E-state index contributed by atoms with van der Waals surface area (Å²) in [6.45, 7) is 6.83. The third kappa shape index (κ3) is 2.89. The summed E-state index contributed by atoms with van der Waals surface area (Å²) >= 11 is 3.59. The third-order valence-corrected chi connectivity index (χ3v) is 3.22. The molecule has 0 aromatic rings. The van der Waals surface area contributed by atoms with E-state index in [0.29, 0.717) is 0 Å². The van der Waals surface area contributed by atoms with Gasteiger partial charge in [0.05, 0.1) is 4.32 Å². The molecule has 0 aliphatic heterocycles. The minimum atomic E-state index is -1.12. The second-order valence-electron chi connectivity index (χ2n) is 3.97. The molecule has 0 nitrogen and oxygen atoms in total. The average Bonchev–Trinajstić information content (AvgIpc) is 2.43. The van der Waals surface area contributed by atoms with Crippen LogP contribution in [0.25, 0.3) is 0 Å². The quantitative estimate of drug-likeness (QED) is 0.332. The Labute approximate surface area is 72.5 Å². The summed E-state index contributed by atoms with van der Waals surface area (Å²) in [5.41, 5.74) is 3.37. The van der Waals surface area contributed by atoms with Crippen LogP contribution in [0.5, 0.6) is 0 Å². The Kier molecular flexibility index (Phi) is 1.99. The largest absolute Gasteiger partial charge is 0.131 e. The van der Waals surface area contributed by atoms with Crippen LogP contribution in [0.4, 0.5) is 0 Å². The Morgan fingerprint density at radius 1 is 1.30 bits per heavy atom. The number of hydrogen-bond donors (Lipinski definition) is 0. The number of rotatable bonds is 0. The third-order valence-electron chi connectivity index (χ3n) is 1.35. The molecule has 1 fully saturated rings. The molecule has 1 aliphatic carbocycles. The highest BCUT2D eigenvalue weighted by atomic mass is 79.9. The highest BCUT2D eigenvalue weighted by Crippen LogP contribution is 2.43. The van der Waals surface area contributed by atoms with Gasteiger partial charge in [-0.05, 0) is 12.8 Å². The van der Waals surface area contributed by atoms with Crippen LogP contribution in [0, 0.1) is 11.5 Å². The fourth-order valence-corrected chi connectivity index (χ4v) is 1.63. The molecular formula is C8H13BrSi. The molecule has 0 atom stereocenters. The molecule has 0 unspecified atom stereocenters. The fourth-order valence-electron chi connectivity index (χ4n) is 0.534. The SMILES string of the molecule is C[Si](C)(C)C#CC1(Br)CC1. The molecule has 56 valence electrons. The van der Waals surface area contributed by atoms with Gasteiger partial charge in [-0.2, -0.15) is 0 Å². The van der Waals surface area contributed by atoms with Gasteiger partial charge in [0.15, 0.2) is 0 Å². The number of hydrogen-bond acceptors (Lipinski definition) is 0. The van der Waals surface area contributed by atoms with Gasteiger partial charge >= 0.3 is 0 Å². The maximum absolute atomic E-state index is 3.59. The first-order valence-corrected chi connectivity index (χ1v) is 7.94. The van der Waals surface area contributed by atoms with Gasteiger partial charge in [-0.15, -0.1) is 5.54 Å². The van der Waals surface area contributed by atoms with Gasteiger partial charge in [0.25, 0.3) is 0 Å². The summed E-state index contributed by atoms with van der Waals surface area (Å²) in [7, 11) is -1.12. The predicted octanol–water partition coefficient (Wildman–Crippen LogP) is 2.79. The van der Waals surface area contributed by atoms with Crippen molar-refractivity contribution in [3.63, 3.8) is 0 Å². The molecule has 0 saturated heterocycles. The van der Waals surface area contributed by atoms with Crippen molar-refractivity contribution in [1.82, 2.24) is 0 Å². The first-order chi connectivity index (χ1) is 4.41. The molecule has 0 aromatic heterocycles. The van der Waals surface area contributed by atoms with E-state index >= 15 is 0 Å². The van der Waals surface area contributed by atoms with Crippen LogP contribution in [0.3, 0.4) is 0 Å². The first-order valence-electron chi connectivity index (χ1n) is 3.65. The van der Waals surface area contributed by atoms with Crippen molar-refractivity contribution in [1.29, 1.82) is 0 Å². The van der Waals surface area contributed by atoms with Crippen LogP contribution in [-0.2, 0) is 0 Å². The lowest BCUT2D eigenvalue weighted by Gasteiger charge is -2.04. The molecule has 1 rings (SSSR count). The molecule has 0 N–H and O–H groups in total. The highest BCUT2D eigenvalue weighted by molar-refractivity contribution is 9.10. The Morgan fingerprint density at radius 3 is 2.10 bits per heavy atom. The van der Waals surface area contributed by atoms with Gasteiger partial charge in [0.2, 0.25) is 0 Å². The fraction of sp³-hybridized carbons (Fsp3) is 0.750. The standard InChI is InChI=1S/C8H13BrSi/c1-10(2,3)7-6-8(9)4-5-8/h4-5H2,1-3H3. The molecular weight excluding hydrogens is 204 g/mol. The second kappa shape index (κ2) is 2.39. The monoisotopic (exact) mass is 216 g/mol. The van der Waals surface area contributed by atoms with Crippen LogP contribution in [-0.4, -0.2) is 12.4 Å². The van der Waals surface area contributed by atoms with Crippen molar-refractivity contribution in [2.45, 2.75) is 36.8 Å². The van der Waals surface area contributed by atoms with E-state index in [1.54, 1.807) is 0 Å². The minimum Gasteiger partial charge on any atom is -0.131 e. The van der Waals surface area contributed by atoms with E-state index in [1.807, 2.05) is 0 Å².